The minimum atomic E-state index is -0.830. The van der Waals surface area contributed by atoms with Crippen LogP contribution in [0, 0.1) is 11.7 Å². The van der Waals surface area contributed by atoms with Gasteiger partial charge in [0.1, 0.15) is 17.7 Å². The number of hydrogen-bond acceptors (Lipinski definition) is 3. The van der Waals surface area contributed by atoms with E-state index < -0.39 is 5.97 Å². The lowest BCUT2D eigenvalue weighted by Crippen LogP contribution is -2.09. The fourth-order valence-corrected chi connectivity index (χ4v) is 4.95. The summed E-state index contributed by atoms with van der Waals surface area (Å²) in [5.74, 6) is -0.143. The number of rotatable bonds is 13. The molecular formula is C33H36FNO4. The van der Waals surface area contributed by atoms with Crippen LogP contribution in [0.3, 0.4) is 0 Å². The van der Waals surface area contributed by atoms with E-state index in [9.17, 15) is 14.0 Å². The molecule has 0 bridgehead atoms. The fourth-order valence-electron chi connectivity index (χ4n) is 4.95. The maximum absolute atomic E-state index is 14.7. The molecule has 0 aliphatic rings. The van der Waals surface area contributed by atoms with E-state index in [2.05, 4.69) is 20.8 Å². The average Bonchev–Trinajstić information content (AvgIpc) is 3.28. The number of benzene rings is 2. The van der Waals surface area contributed by atoms with Crippen LogP contribution in [-0.2, 0) is 17.6 Å². The van der Waals surface area contributed by atoms with Crippen molar-refractivity contribution in [3.63, 3.8) is 0 Å². The summed E-state index contributed by atoms with van der Waals surface area (Å²) in [5.41, 5.74) is 4.33. The molecule has 0 spiro atoms. The highest BCUT2D eigenvalue weighted by Crippen LogP contribution is 2.29. The molecule has 0 unspecified atom stereocenters. The molecule has 6 heteroatoms. The monoisotopic (exact) mass is 529 g/mol. The molecule has 2 aromatic carbocycles. The van der Waals surface area contributed by atoms with Gasteiger partial charge in [0, 0.05) is 29.4 Å². The molecule has 0 fully saturated rings. The topological polar surface area (TPSA) is 68.0 Å². The predicted octanol–water partition coefficient (Wildman–Crippen LogP) is 7.84. The molecule has 1 N–H and O–H groups in total. The first-order chi connectivity index (χ1) is 18.8. The summed E-state index contributed by atoms with van der Waals surface area (Å²) in [4.78, 5) is 24.4. The molecule has 0 saturated heterocycles. The van der Waals surface area contributed by atoms with Crippen LogP contribution in [0.2, 0.25) is 0 Å². The van der Waals surface area contributed by atoms with E-state index in [4.69, 9.17) is 9.84 Å². The molecule has 204 valence electrons. The van der Waals surface area contributed by atoms with Crippen LogP contribution < -0.4 is 4.74 Å². The summed E-state index contributed by atoms with van der Waals surface area (Å²) in [7, 11) is 0. The van der Waals surface area contributed by atoms with Crippen molar-refractivity contribution in [2.45, 2.75) is 65.4 Å². The number of carboxylic acid groups (broad SMARTS) is 1. The predicted molar refractivity (Wildman–Crippen MR) is 151 cm³/mol. The normalized spacial score (nSPS) is 12.1. The van der Waals surface area contributed by atoms with E-state index in [-0.39, 0.29) is 24.1 Å². The van der Waals surface area contributed by atoms with Gasteiger partial charge in [-0.2, -0.15) is 0 Å². The zero-order valence-electron chi connectivity index (χ0n) is 22.8. The lowest BCUT2D eigenvalue weighted by Gasteiger charge is -2.20. The largest absolute Gasteiger partial charge is 0.486 e. The van der Waals surface area contributed by atoms with Gasteiger partial charge >= 0.3 is 5.97 Å². The van der Waals surface area contributed by atoms with Gasteiger partial charge in [0.25, 0.3) is 0 Å². The number of aryl methyl sites for hydroxylation is 1. The fraction of sp³-hybridized carbons (Fsp3) is 0.333. The summed E-state index contributed by atoms with van der Waals surface area (Å²) < 4.78 is 23.0. The summed E-state index contributed by atoms with van der Waals surface area (Å²) in [6.07, 6.45) is 5.07. The van der Waals surface area contributed by atoms with E-state index in [0.717, 1.165) is 35.2 Å². The number of nitrogens with zero attached hydrogens (tertiary/aromatic N) is 1. The number of fused-ring (bicyclic) bond motifs is 1. The molecule has 0 saturated carbocycles. The second-order valence-electron chi connectivity index (χ2n) is 10.5. The van der Waals surface area contributed by atoms with Gasteiger partial charge in [0.05, 0.1) is 5.52 Å². The standard InChI is InChI=1S/C33H36FNO4/c1-4-8-31(25-13-12-24(19-22(2)3)29(34)20-25)39-27-16-14-23(15-17-27)33(38)28-21-26(9-7-11-32(36)37)35-18-6-5-10-30(28)35/h5-6,10,12-18,20-22,31H,4,7-9,11,19H2,1-3H3,(H,36,37)/t31-/m0/s1. The Labute approximate surface area is 229 Å². The number of pyridine rings is 1. The second kappa shape index (κ2) is 12.7. The zero-order valence-corrected chi connectivity index (χ0v) is 22.8. The molecule has 39 heavy (non-hydrogen) atoms. The summed E-state index contributed by atoms with van der Waals surface area (Å²) >= 11 is 0. The van der Waals surface area contributed by atoms with Gasteiger partial charge in [0.2, 0.25) is 0 Å². The molecule has 1 atom stereocenters. The van der Waals surface area contributed by atoms with Crippen LogP contribution in [0.5, 0.6) is 5.75 Å². The lowest BCUT2D eigenvalue weighted by atomic mass is 9.98. The molecule has 2 aromatic heterocycles. The number of carboxylic acids is 1. The minimum Gasteiger partial charge on any atom is -0.486 e. The molecule has 0 aliphatic carbocycles. The Bertz CT molecular complexity index is 1440. The Morgan fingerprint density at radius 2 is 1.79 bits per heavy atom. The molecule has 0 aliphatic heterocycles. The molecule has 5 nitrogen and oxygen atoms in total. The third-order valence-electron chi connectivity index (χ3n) is 6.85. The number of hydrogen-bond donors (Lipinski definition) is 1. The molecule has 2 heterocycles. The van der Waals surface area contributed by atoms with Crippen LogP contribution in [0.1, 0.15) is 85.3 Å². The number of ketones is 1. The van der Waals surface area contributed by atoms with Crippen molar-refractivity contribution in [2.24, 2.45) is 5.92 Å². The quantitative estimate of drug-likeness (QED) is 0.179. The SMILES string of the molecule is CCC[C@H](Oc1ccc(C(=O)c2cc(CCCC(=O)O)n3ccccc23)cc1)c1ccc(CC(C)C)c(F)c1. The Morgan fingerprint density at radius 1 is 1.03 bits per heavy atom. The highest BCUT2D eigenvalue weighted by atomic mass is 19.1. The van der Waals surface area contributed by atoms with Crippen molar-refractivity contribution in [3.8, 4) is 5.75 Å². The number of halogens is 1. The minimum absolute atomic E-state index is 0.0819. The maximum atomic E-state index is 14.7. The van der Waals surface area contributed by atoms with E-state index >= 15 is 0 Å². The summed E-state index contributed by atoms with van der Waals surface area (Å²) in [6.45, 7) is 6.22. The van der Waals surface area contributed by atoms with Crippen LogP contribution in [0.4, 0.5) is 4.39 Å². The number of ether oxygens (including phenoxy) is 1. The first-order valence-corrected chi connectivity index (χ1v) is 13.7. The van der Waals surface area contributed by atoms with Gasteiger partial charge in [-0.05, 0) is 91.3 Å². The average molecular weight is 530 g/mol. The lowest BCUT2D eigenvalue weighted by molar-refractivity contribution is -0.137. The first-order valence-electron chi connectivity index (χ1n) is 13.7. The maximum Gasteiger partial charge on any atom is 0.303 e. The third kappa shape index (κ3) is 6.94. The number of carbonyl (C=O) groups is 2. The van der Waals surface area contributed by atoms with Gasteiger partial charge < -0.3 is 14.2 Å². The van der Waals surface area contributed by atoms with Crippen LogP contribution in [0.25, 0.3) is 5.52 Å². The molecule has 4 rings (SSSR count). The van der Waals surface area contributed by atoms with Gasteiger partial charge in [-0.25, -0.2) is 4.39 Å². The van der Waals surface area contributed by atoms with Crippen LogP contribution in [-0.4, -0.2) is 21.3 Å². The molecule has 0 amide bonds. The van der Waals surface area contributed by atoms with Crippen molar-refractivity contribution < 1.29 is 23.8 Å². The van der Waals surface area contributed by atoms with Crippen LogP contribution in [0.15, 0.2) is 72.9 Å². The number of aliphatic carboxylic acids is 1. The second-order valence-corrected chi connectivity index (χ2v) is 10.5. The van der Waals surface area contributed by atoms with Crippen molar-refractivity contribution >= 4 is 17.3 Å². The Hall–Kier alpha value is -3.93. The number of aromatic nitrogens is 1. The van der Waals surface area contributed by atoms with Crippen molar-refractivity contribution in [2.75, 3.05) is 0 Å². The van der Waals surface area contributed by atoms with E-state index in [1.807, 2.05) is 47.0 Å². The molecule has 4 aromatic rings. The Morgan fingerprint density at radius 3 is 2.46 bits per heavy atom. The Kier molecular flexibility index (Phi) is 9.18. The first kappa shape index (κ1) is 28.1. The van der Waals surface area contributed by atoms with Crippen molar-refractivity contribution in [1.29, 1.82) is 0 Å². The van der Waals surface area contributed by atoms with Crippen molar-refractivity contribution in [1.82, 2.24) is 4.40 Å². The Balaban J connectivity index is 1.52. The number of carbonyl (C=O) groups excluding carboxylic acids is 1. The van der Waals surface area contributed by atoms with Gasteiger partial charge in [-0.1, -0.05) is 45.4 Å². The van der Waals surface area contributed by atoms with Crippen molar-refractivity contribution in [3.05, 3.63) is 107 Å². The smallest absolute Gasteiger partial charge is 0.303 e. The summed E-state index contributed by atoms with van der Waals surface area (Å²) in [5, 5.41) is 8.98. The molecular weight excluding hydrogens is 493 g/mol. The van der Waals surface area contributed by atoms with Crippen LogP contribution >= 0.6 is 0 Å². The zero-order chi connectivity index (χ0) is 27.9. The highest BCUT2D eigenvalue weighted by molar-refractivity contribution is 6.13. The highest BCUT2D eigenvalue weighted by Gasteiger charge is 2.19. The third-order valence-corrected chi connectivity index (χ3v) is 6.85. The van der Waals surface area contributed by atoms with Gasteiger partial charge in [-0.15, -0.1) is 0 Å². The van der Waals surface area contributed by atoms with E-state index in [1.165, 1.54) is 0 Å². The van der Waals surface area contributed by atoms with E-state index in [0.29, 0.717) is 42.1 Å². The summed E-state index contributed by atoms with van der Waals surface area (Å²) in [6, 6.07) is 20.0. The van der Waals surface area contributed by atoms with E-state index in [1.54, 1.807) is 30.3 Å². The molecule has 0 radical (unpaired) electrons. The van der Waals surface area contributed by atoms with Gasteiger partial charge in [0.15, 0.2) is 5.78 Å². The van der Waals surface area contributed by atoms with Gasteiger partial charge in [-0.3, -0.25) is 9.59 Å².